The van der Waals surface area contributed by atoms with Crippen molar-refractivity contribution >= 4 is 28.5 Å². The van der Waals surface area contributed by atoms with Crippen LogP contribution in [0.4, 0.5) is 4.79 Å². The number of rotatable bonds is 5. The van der Waals surface area contributed by atoms with Crippen LogP contribution in [0, 0.1) is 11.3 Å². The minimum Gasteiger partial charge on any atom is -0.444 e. The van der Waals surface area contributed by atoms with Crippen LogP contribution in [-0.2, 0) is 23.7 Å². The first-order chi connectivity index (χ1) is 18.8. The Hall–Kier alpha value is -4.71. The summed E-state index contributed by atoms with van der Waals surface area (Å²) in [5, 5.41) is 24.9. The lowest BCUT2D eigenvalue weighted by Gasteiger charge is -2.19. The van der Waals surface area contributed by atoms with Crippen LogP contribution in [0.5, 0.6) is 0 Å². The maximum Gasteiger partial charge on any atom is 0.407 e. The molecular weight excluding hydrogens is 504 g/mol. The number of hydrogen-bond donors (Lipinski definition) is 2. The smallest absolute Gasteiger partial charge is 0.407 e. The lowest BCUT2D eigenvalue weighted by molar-refractivity contribution is 0.0523. The van der Waals surface area contributed by atoms with Crippen molar-refractivity contribution in [2.45, 2.75) is 59.1 Å². The van der Waals surface area contributed by atoms with E-state index in [4.69, 9.17) is 4.74 Å². The summed E-state index contributed by atoms with van der Waals surface area (Å²) < 4.78 is 7.03. The van der Waals surface area contributed by atoms with Crippen molar-refractivity contribution in [3.8, 4) is 17.2 Å². The molecule has 40 heavy (non-hydrogen) atoms. The number of aromatic amines is 1. The van der Waals surface area contributed by atoms with Gasteiger partial charge < -0.3 is 10.1 Å². The molecule has 0 saturated carbocycles. The fourth-order valence-corrected chi connectivity index (χ4v) is 4.30. The van der Waals surface area contributed by atoms with Gasteiger partial charge in [0.2, 0.25) is 0 Å². The quantitative estimate of drug-likeness (QED) is 0.314. The molecule has 1 amide bonds. The Bertz CT molecular complexity index is 1690. The molecule has 0 spiro atoms. The highest BCUT2D eigenvalue weighted by Crippen LogP contribution is 2.30. The van der Waals surface area contributed by atoms with Gasteiger partial charge in [-0.05, 0) is 61.1 Å². The third-order valence-electron chi connectivity index (χ3n) is 6.43. The average Bonchev–Trinajstić information content (AvgIpc) is 3.25. The zero-order valence-corrected chi connectivity index (χ0v) is 23.9. The van der Waals surface area contributed by atoms with Crippen LogP contribution in [0.25, 0.3) is 33.5 Å². The Morgan fingerprint density at radius 2 is 1.80 bits per heavy atom. The van der Waals surface area contributed by atoms with E-state index in [-0.39, 0.29) is 17.5 Å². The van der Waals surface area contributed by atoms with Gasteiger partial charge in [-0.15, -0.1) is 0 Å². The van der Waals surface area contributed by atoms with E-state index in [2.05, 4.69) is 47.5 Å². The van der Waals surface area contributed by atoms with Crippen LogP contribution < -0.4 is 10.9 Å². The number of aryl methyl sites for hydroxylation is 1. The number of nitrogens with one attached hydrogen (secondary N) is 2. The molecule has 0 aliphatic heterocycles. The van der Waals surface area contributed by atoms with Gasteiger partial charge in [0, 0.05) is 18.0 Å². The molecule has 0 aliphatic carbocycles. The summed E-state index contributed by atoms with van der Waals surface area (Å²) in [6, 6.07) is 15.7. The summed E-state index contributed by atoms with van der Waals surface area (Å²) in [6.07, 6.45) is 2.97. The highest BCUT2D eigenvalue weighted by Gasteiger charge is 2.18. The molecule has 0 aliphatic rings. The zero-order valence-electron chi connectivity index (χ0n) is 23.9. The van der Waals surface area contributed by atoms with Crippen molar-refractivity contribution < 1.29 is 9.53 Å². The van der Waals surface area contributed by atoms with Crippen molar-refractivity contribution in [2.75, 3.05) is 0 Å². The molecule has 0 radical (unpaired) electrons. The number of hydrogen-bond acceptors (Lipinski definition) is 6. The Morgan fingerprint density at radius 1 is 1.10 bits per heavy atom. The zero-order chi connectivity index (χ0) is 29.2. The molecule has 9 heteroatoms. The van der Waals surface area contributed by atoms with Crippen LogP contribution in [0.3, 0.4) is 0 Å². The Labute approximate surface area is 233 Å². The molecule has 0 saturated heterocycles. The Morgan fingerprint density at radius 3 is 2.42 bits per heavy atom. The van der Waals surface area contributed by atoms with Crippen LogP contribution in [0.2, 0.25) is 0 Å². The highest BCUT2D eigenvalue weighted by molar-refractivity contribution is 5.94. The van der Waals surface area contributed by atoms with E-state index in [0.29, 0.717) is 22.0 Å². The first-order valence-corrected chi connectivity index (χ1v) is 13.0. The van der Waals surface area contributed by atoms with E-state index >= 15 is 0 Å². The molecular formula is C31H34N6O3. The van der Waals surface area contributed by atoms with Crippen LogP contribution >= 0.6 is 0 Å². The first kappa shape index (κ1) is 28.3. The van der Waals surface area contributed by atoms with Gasteiger partial charge in [0.25, 0.3) is 5.56 Å². The lowest BCUT2D eigenvalue weighted by Crippen LogP contribution is -2.32. The second-order valence-corrected chi connectivity index (χ2v) is 11.7. The van der Waals surface area contributed by atoms with E-state index in [9.17, 15) is 14.9 Å². The van der Waals surface area contributed by atoms with Gasteiger partial charge in [0.05, 0.1) is 41.2 Å². The number of nitrogens with zero attached hydrogens (tertiary/aromatic N) is 4. The SMILES string of the molecule is Cn1ncc(-c2ccc3c(=O)[nH]nc(CNC(=O)OC(C)(C)C)c3c2)c1/C=C(\C#N)c1ccc(C(C)(C)C)cc1. The van der Waals surface area contributed by atoms with Gasteiger partial charge in [-0.2, -0.15) is 15.5 Å². The van der Waals surface area contributed by atoms with Crippen molar-refractivity contribution in [3.63, 3.8) is 0 Å². The lowest BCUT2D eigenvalue weighted by atomic mass is 9.86. The Balaban J connectivity index is 1.73. The van der Waals surface area contributed by atoms with Crippen molar-refractivity contribution in [1.29, 1.82) is 5.26 Å². The molecule has 0 unspecified atom stereocenters. The van der Waals surface area contributed by atoms with E-state index in [1.807, 2.05) is 49.5 Å². The van der Waals surface area contributed by atoms with E-state index in [1.165, 1.54) is 5.56 Å². The predicted octanol–water partition coefficient (Wildman–Crippen LogP) is 5.71. The summed E-state index contributed by atoms with van der Waals surface area (Å²) in [7, 11) is 1.82. The minimum atomic E-state index is -0.640. The summed E-state index contributed by atoms with van der Waals surface area (Å²) in [5.41, 5.74) is 4.34. The van der Waals surface area contributed by atoms with Crippen LogP contribution in [0.15, 0.2) is 53.5 Å². The van der Waals surface area contributed by atoms with E-state index < -0.39 is 11.7 Å². The molecule has 2 N–H and O–H groups in total. The normalized spacial score (nSPS) is 12.3. The van der Waals surface area contributed by atoms with Gasteiger partial charge >= 0.3 is 6.09 Å². The number of carbonyl (C=O) groups is 1. The largest absolute Gasteiger partial charge is 0.444 e. The molecule has 0 bridgehead atoms. The minimum absolute atomic E-state index is 0.0121. The standard InChI is InChI=1S/C31H34N6O3/c1-30(2,3)22-11-8-19(9-12-22)21(16-32)15-27-25(17-34-37(27)7)20-10-13-23-24(14-20)26(35-36-28(23)38)18-33-29(39)40-31(4,5)6/h8-15,17H,18H2,1-7H3,(H,33,39)(H,36,38)/b21-15+. The summed E-state index contributed by atoms with van der Waals surface area (Å²) in [5.74, 6) is 0. The van der Waals surface area contributed by atoms with Gasteiger partial charge in [-0.3, -0.25) is 9.48 Å². The molecule has 4 rings (SSSR count). The monoisotopic (exact) mass is 538 g/mol. The van der Waals surface area contributed by atoms with Crippen molar-refractivity contribution in [1.82, 2.24) is 25.3 Å². The number of allylic oxidation sites excluding steroid dienone is 1. The fraction of sp³-hybridized carbons (Fsp3) is 0.323. The number of carbonyl (C=O) groups excluding carboxylic acids is 1. The molecule has 0 fully saturated rings. The summed E-state index contributed by atoms with van der Waals surface area (Å²) >= 11 is 0. The number of H-pyrrole nitrogens is 1. The third kappa shape index (κ3) is 6.29. The van der Waals surface area contributed by atoms with Gasteiger partial charge in [0.15, 0.2) is 0 Å². The molecule has 4 aromatic rings. The van der Waals surface area contributed by atoms with Gasteiger partial charge in [-0.25, -0.2) is 9.89 Å². The average molecular weight is 539 g/mol. The Kier molecular flexibility index (Phi) is 7.65. The number of alkyl carbamates (subject to hydrolysis) is 1. The van der Waals surface area contributed by atoms with Gasteiger partial charge in [0.1, 0.15) is 5.60 Å². The highest BCUT2D eigenvalue weighted by atomic mass is 16.6. The molecule has 206 valence electrons. The second kappa shape index (κ2) is 10.8. The fourth-order valence-electron chi connectivity index (χ4n) is 4.30. The van der Waals surface area contributed by atoms with Crippen LogP contribution in [0.1, 0.15) is 64.1 Å². The molecule has 9 nitrogen and oxygen atoms in total. The van der Waals surface area contributed by atoms with Crippen molar-refractivity contribution in [2.24, 2.45) is 7.05 Å². The maximum absolute atomic E-state index is 12.5. The number of ether oxygens (including phenoxy) is 1. The third-order valence-corrected chi connectivity index (χ3v) is 6.43. The predicted molar refractivity (Wildman–Crippen MR) is 156 cm³/mol. The maximum atomic E-state index is 12.5. The molecule has 2 heterocycles. The first-order valence-electron chi connectivity index (χ1n) is 13.0. The van der Waals surface area contributed by atoms with E-state index in [1.54, 1.807) is 37.7 Å². The van der Waals surface area contributed by atoms with Crippen molar-refractivity contribution in [3.05, 3.63) is 81.5 Å². The number of nitriles is 1. The topological polar surface area (TPSA) is 126 Å². The second-order valence-electron chi connectivity index (χ2n) is 11.7. The molecule has 2 aromatic carbocycles. The van der Waals surface area contributed by atoms with E-state index in [0.717, 1.165) is 22.4 Å². The summed E-state index contributed by atoms with van der Waals surface area (Å²) in [6.45, 7) is 11.9. The summed E-state index contributed by atoms with van der Waals surface area (Å²) in [4.78, 5) is 24.7. The van der Waals surface area contributed by atoms with Gasteiger partial charge in [-0.1, -0.05) is 51.1 Å². The molecule has 2 aromatic heterocycles. The van der Waals surface area contributed by atoms with Crippen LogP contribution in [-0.4, -0.2) is 31.7 Å². The number of benzene rings is 2. The number of amides is 1. The molecule has 0 atom stereocenters. The number of fused-ring (bicyclic) bond motifs is 1. The number of aromatic nitrogens is 4.